The molecule has 0 bridgehead atoms. The Morgan fingerprint density at radius 2 is 2.19 bits per heavy atom. The van der Waals surface area contributed by atoms with E-state index in [1.54, 1.807) is 13.0 Å². The molecule has 1 aliphatic rings. The van der Waals surface area contributed by atoms with Crippen LogP contribution >= 0.6 is 11.6 Å². The molecule has 6 nitrogen and oxygen atoms in total. The third-order valence-corrected chi connectivity index (χ3v) is 5.77. The second kappa shape index (κ2) is 5.57. The van der Waals surface area contributed by atoms with Gasteiger partial charge >= 0.3 is 5.97 Å². The van der Waals surface area contributed by atoms with Crippen molar-refractivity contribution in [3.05, 3.63) is 28.8 Å². The highest BCUT2D eigenvalue weighted by Gasteiger charge is 2.48. The van der Waals surface area contributed by atoms with Gasteiger partial charge in [0.15, 0.2) is 0 Å². The summed E-state index contributed by atoms with van der Waals surface area (Å²) in [7, 11) is -3.88. The number of nitrogens with one attached hydrogen (secondary N) is 1. The number of halogens is 1. The number of carboxylic acid groups (broad SMARTS) is 1. The third kappa shape index (κ3) is 2.91. The predicted molar refractivity (Wildman–Crippen MR) is 76.9 cm³/mol. The van der Waals surface area contributed by atoms with Crippen LogP contribution in [0.5, 0.6) is 0 Å². The molecule has 0 aromatic heterocycles. The predicted octanol–water partition coefficient (Wildman–Crippen LogP) is 1.42. The molecule has 116 valence electrons. The lowest BCUT2D eigenvalue weighted by Crippen LogP contribution is -2.49. The summed E-state index contributed by atoms with van der Waals surface area (Å²) in [5, 5.41) is 9.61. The number of hydrogen-bond acceptors (Lipinski definition) is 4. The lowest BCUT2D eigenvalue weighted by atomic mass is 9.86. The molecule has 1 fully saturated rings. The molecule has 1 aliphatic heterocycles. The quantitative estimate of drug-likeness (QED) is 0.869. The van der Waals surface area contributed by atoms with E-state index >= 15 is 0 Å². The van der Waals surface area contributed by atoms with E-state index < -0.39 is 27.4 Å². The maximum absolute atomic E-state index is 12.5. The Hall–Kier alpha value is -1.15. The highest BCUT2D eigenvalue weighted by atomic mass is 35.5. The van der Waals surface area contributed by atoms with E-state index in [0.717, 1.165) is 0 Å². The van der Waals surface area contributed by atoms with Crippen LogP contribution in [-0.2, 0) is 19.6 Å². The Labute approximate surface area is 128 Å². The van der Waals surface area contributed by atoms with Crippen LogP contribution in [0.2, 0.25) is 5.02 Å². The molecule has 0 saturated carbocycles. The van der Waals surface area contributed by atoms with Crippen molar-refractivity contribution in [3.8, 4) is 0 Å². The van der Waals surface area contributed by atoms with Crippen LogP contribution in [-0.4, -0.2) is 38.7 Å². The lowest BCUT2D eigenvalue weighted by molar-refractivity contribution is -0.148. The molecule has 8 heteroatoms. The van der Waals surface area contributed by atoms with Crippen LogP contribution in [0.15, 0.2) is 23.1 Å². The average Bonchev–Trinajstić information content (AvgIpc) is 2.75. The van der Waals surface area contributed by atoms with Crippen LogP contribution in [0.1, 0.15) is 12.5 Å². The fraction of sp³-hybridized carbons (Fsp3) is 0.462. The van der Waals surface area contributed by atoms with Gasteiger partial charge in [0.25, 0.3) is 0 Å². The Balaban J connectivity index is 2.34. The molecule has 0 amide bonds. The van der Waals surface area contributed by atoms with Gasteiger partial charge in [-0.3, -0.25) is 4.79 Å². The van der Waals surface area contributed by atoms with Gasteiger partial charge < -0.3 is 9.84 Å². The van der Waals surface area contributed by atoms with E-state index in [2.05, 4.69) is 4.72 Å². The van der Waals surface area contributed by atoms with Crippen LogP contribution in [0.3, 0.4) is 0 Å². The zero-order chi connectivity index (χ0) is 15.8. The Kier molecular flexibility index (Phi) is 4.30. The van der Waals surface area contributed by atoms with E-state index in [9.17, 15) is 18.3 Å². The van der Waals surface area contributed by atoms with E-state index in [4.69, 9.17) is 16.3 Å². The molecule has 21 heavy (non-hydrogen) atoms. The zero-order valence-corrected chi connectivity index (χ0v) is 13.2. The standard InChI is InChI=1S/C13H16ClNO5S/c1-8-9(14)4-3-5-10(8)21(18,19)15-11-6-20-7-13(11,2)12(16)17/h3-5,11,15H,6-7H2,1-2H3,(H,16,17). The summed E-state index contributed by atoms with van der Waals surface area (Å²) in [5.74, 6) is -1.10. The van der Waals surface area contributed by atoms with E-state index in [1.807, 2.05) is 0 Å². The Bertz CT molecular complexity index is 675. The van der Waals surface area contributed by atoms with Gasteiger partial charge in [-0.15, -0.1) is 0 Å². The lowest BCUT2D eigenvalue weighted by Gasteiger charge is -2.25. The first-order valence-corrected chi connectivity index (χ1v) is 8.13. The van der Waals surface area contributed by atoms with Crippen LogP contribution in [0.4, 0.5) is 0 Å². The number of carbonyl (C=O) groups is 1. The van der Waals surface area contributed by atoms with Crippen molar-refractivity contribution < 1.29 is 23.1 Å². The van der Waals surface area contributed by atoms with Gasteiger partial charge in [-0.25, -0.2) is 13.1 Å². The van der Waals surface area contributed by atoms with Gasteiger partial charge in [0.1, 0.15) is 5.41 Å². The van der Waals surface area contributed by atoms with E-state index in [1.165, 1.54) is 19.1 Å². The molecule has 1 heterocycles. The number of sulfonamides is 1. The minimum Gasteiger partial charge on any atom is -0.481 e. The summed E-state index contributed by atoms with van der Waals surface area (Å²) in [6.45, 7) is 3.03. The van der Waals surface area contributed by atoms with Crippen molar-refractivity contribution in [2.75, 3.05) is 13.2 Å². The largest absolute Gasteiger partial charge is 0.481 e. The van der Waals surface area contributed by atoms with Gasteiger partial charge in [0, 0.05) is 5.02 Å². The average molecular weight is 334 g/mol. The maximum atomic E-state index is 12.5. The Morgan fingerprint density at radius 3 is 2.81 bits per heavy atom. The number of aliphatic carboxylic acids is 1. The van der Waals surface area contributed by atoms with Crippen molar-refractivity contribution in [1.29, 1.82) is 0 Å². The zero-order valence-electron chi connectivity index (χ0n) is 11.6. The Morgan fingerprint density at radius 1 is 1.52 bits per heavy atom. The molecular weight excluding hydrogens is 318 g/mol. The molecule has 2 N–H and O–H groups in total. The number of carboxylic acids is 1. The maximum Gasteiger partial charge on any atom is 0.313 e. The first kappa shape index (κ1) is 16.2. The molecule has 2 atom stereocenters. The minimum absolute atomic E-state index is 0.0155. The molecule has 0 aliphatic carbocycles. The first-order valence-electron chi connectivity index (χ1n) is 6.27. The summed E-state index contributed by atoms with van der Waals surface area (Å²) >= 11 is 5.93. The van der Waals surface area contributed by atoms with E-state index in [-0.39, 0.29) is 18.1 Å². The summed E-state index contributed by atoms with van der Waals surface area (Å²) in [5.41, 5.74) is -0.873. The van der Waals surface area contributed by atoms with Crippen LogP contribution in [0.25, 0.3) is 0 Å². The number of hydrogen-bond donors (Lipinski definition) is 2. The minimum atomic E-state index is -3.88. The number of benzene rings is 1. The van der Waals surface area contributed by atoms with Gasteiger partial charge in [-0.05, 0) is 31.5 Å². The summed E-state index contributed by atoms with van der Waals surface area (Å²) in [6, 6.07) is 3.72. The van der Waals surface area contributed by atoms with Crippen molar-refractivity contribution >= 4 is 27.6 Å². The smallest absolute Gasteiger partial charge is 0.313 e. The SMILES string of the molecule is Cc1c(Cl)cccc1S(=O)(=O)NC1COCC1(C)C(=O)O. The van der Waals surface area contributed by atoms with Crippen molar-refractivity contribution in [2.24, 2.45) is 5.41 Å². The molecule has 0 spiro atoms. The molecule has 2 unspecified atom stereocenters. The molecule has 0 radical (unpaired) electrons. The van der Waals surface area contributed by atoms with Crippen molar-refractivity contribution in [3.63, 3.8) is 0 Å². The fourth-order valence-corrected chi connectivity index (χ4v) is 4.01. The molecule has 1 aromatic rings. The van der Waals surface area contributed by atoms with Gasteiger partial charge in [0.05, 0.1) is 24.2 Å². The number of ether oxygens (including phenoxy) is 1. The van der Waals surface area contributed by atoms with Crippen molar-refractivity contribution in [2.45, 2.75) is 24.8 Å². The van der Waals surface area contributed by atoms with Crippen LogP contribution in [0, 0.1) is 12.3 Å². The van der Waals surface area contributed by atoms with Gasteiger partial charge in [-0.1, -0.05) is 17.7 Å². The molecule has 1 aromatic carbocycles. The normalized spacial score (nSPS) is 26.0. The van der Waals surface area contributed by atoms with Gasteiger partial charge in [0.2, 0.25) is 10.0 Å². The second-order valence-corrected chi connectivity index (χ2v) is 7.36. The first-order chi connectivity index (χ1) is 9.68. The highest BCUT2D eigenvalue weighted by Crippen LogP contribution is 2.31. The number of rotatable bonds is 4. The monoisotopic (exact) mass is 333 g/mol. The topological polar surface area (TPSA) is 92.7 Å². The van der Waals surface area contributed by atoms with Crippen LogP contribution < -0.4 is 4.72 Å². The molecular formula is C13H16ClNO5S. The van der Waals surface area contributed by atoms with E-state index in [0.29, 0.717) is 10.6 Å². The molecule has 1 saturated heterocycles. The highest BCUT2D eigenvalue weighted by molar-refractivity contribution is 7.89. The molecule has 2 rings (SSSR count). The fourth-order valence-electron chi connectivity index (χ4n) is 2.18. The second-order valence-electron chi connectivity index (χ2n) is 5.27. The third-order valence-electron chi connectivity index (χ3n) is 3.75. The summed E-state index contributed by atoms with van der Waals surface area (Å²) < 4.78 is 32.5. The van der Waals surface area contributed by atoms with Crippen molar-refractivity contribution in [1.82, 2.24) is 4.72 Å². The van der Waals surface area contributed by atoms with Gasteiger partial charge in [-0.2, -0.15) is 0 Å². The summed E-state index contributed by atoms with van der Waals surface area (Å²) in [6.07, 6.45) is 0. The summed E-state index contributed by atoms with van der Waals surface area (Å²) in [4.78, 5) is 11.4.